The van der Waals surface area contributed by atoms with Crippen molar-refractivity contribution in [2.75, 3.05) is 17.2 Å². The predicted octanol–water partition coefficient (Wildman–Crippen LogP) is 3.24. The third kappa shape index (κ3) is 5.88. The molecule has 27 heavy (non-hydrogen) atoms. The molecule has 1 aromatic carbocycles. The molecule has 1 aromatic heterocycles. The number of carbonyl (C=O) groups is 3. The fourth-order valence-electron chi connectivity index (χ4n) is 2.29. The van der Waals surface area contributed by atoms with E-state index in [4.69, 9.17) is 9.15 Å². The van der Waals surface area contributed by atoms with Crippen LogP contribution in [0.15, 0.2) is 47.1 Å². The monoisotopic (exact) mass is 373 g/mol. The summed E-state index contributed by atoms with van der Waals surface area (Å²) >= 11 is 0. The standard InChI is InChI=1S/C19H23N3O5/c1-4-26-19(25)22-16(12(2)3)18(24)21-14-9-7-13(8-10-14)20-17(23)15-6-5-11-27-15/h5-12,16H,4H2,1-3H3,(H,20,23)(H,21,24)(H,22,25). The van der Waals surface area contributed by atoms with Gasteiger partial charge < -0.3 is 25.1 Å². The molecule has 1 unspecified atom stereocenters. The van der Waals surface area contributed by atoms with Gasteiger partial charge in [0.25, 0.3) is 5.91 Å². The predicted molar refractivity (Wildman–Crippen MR) is 101 cm³/mol. The summed E-state index contributed by atoms with van der Waals surface area (Å²) < 4.78 is 9.86. The second-order valence-electron chi connectivity index (χ2n) is 6.08. The van der Waals surface area contributed by atoms with Crippen LogP contribution in [0.1, 0.15) is 31.3 Å². The van der Waals surface area contributed by atoms with E-state index in [1.54, 1.807) is 43.3 Å². The van der Waals surface area contributed by atoms with Crippen molar-refractivity contribution in [3.63, 3.8) is 0 Å². The first-order valence-corrected chi connectivity index (χ1v) is 8.59. The van der Waals surface area contributed by atoms with Gasteiger partial charge in [-0.25, -0.2) is 4.79 Å². The van der Waals surface area contributed by atoms with E-state index in [2.05, 4.69) is 16.0 Å². The minimum Gasteiger partial charge on any atom is -0.459 e. The summed E-state index contributed by atoms with van der Waals surface area (Å²) in [4.78, 5) is 36.0. The van der Waals surface area contributed by atoms with Crippen LogP contribution in [0.4, 0.5) is 16.2 Å². The molecule has 1 heterocycles. The number of amides is 3. The Labute approximate surface area is 157 Å². The van der Waals surface area contributed by atoms with Crippen LogP contribution < -0.4 is 16.0 Å². The average Bonchev–Trinajstić information content (AvgIpc) is 3.16. The van der Waals surface area contributed by atoms with Crippen molar-refractivity contribution in [1.82, 2.24) is 5.32 Å². The topological polar surface area (TPSA) is 110 Å². The number of alkyl carbamates (subject to hydrolysis) is 1. The lowest BCUT2D eigenvalue weighted by atomic mass is 10.0. The Bertz CT molecular complexity index is 769. The molecule has 3 amide bonds. The first kappa shape index (κ1) is 20.0. The number of furan rings is 1. The first-order valence-electron chi connectivity index (χ1n) is 8.59. The van der Waals surface area contributed by atoms with E-state index < -0.39 is 12.1 Å². The van der Waals surface area contributed by atoms with Crippen LogP contribution in [0.2, 0.25) is 0 Å². The molecular formula is C19H23N3O5. The average molecular weight is 373 g/mol. The molecule has 0 radical (unpaired) electrons. The number of hydrogen-bond donors (Lipinski definition) is 3. The van der Waals surface area contributed by atoms with Crippen LogP contribution in [-0.4, -0.2) is 30.6 Å². The first-order chi connectivity index (χ1) is 12.9. The van der Waals surface area contributed by atoms with E-state index >= 15 is 0 Å². The molecule has 0 spiro atoms. The Morgan fingerprint density at radius 2 is 1.67 bits per heavy atom. The van der Waals surface area contributed by atoms with Gasteiger partial charge in [-0.05, 0) is 49.2 Å². The second-order valence-corrected chi connectivity index (χ2v) is 6.08. The lowest BCUT2D eigenvalue weighted by molar-refractivity contribution is -0.119. The Balaban J connectivity index is 1.96. The van der Waals surface area contributed by atoms with Crippen LogP contribution in [0.25, 0.3) is 0 Å². The minimum absolute atomic E-state index is 0.124. The normalized spacial score (nSPS) is 11.6. The number of carbonyl (C=O) groups excluding carboxylic acids is 3. The van der Waals surface area contributed by atoms with Gasteiger partial charge in [-0.2, -0.15) is 0 Å². The number of nitrogens with one attached hydrogen (secondary N) is 3. The highest BCUT2D eigenvalue weighted by Gasteiger charge is 2.24. The van der Waals surface area contributed by atoms with Crippen LogP contribution >= 0.6 is 0 Å². The smallest absolute Gasteiger partial charge is 0.407 e. The van der Waals surface area contributed by atoms with Crippen molar-refractivity contribution in [2.24, 2.45) is 5.92 Å². The molecule has 2 rings (SSSR count). The Morgan fingerprint density at radius 3 is 2.19 bits per heavy atom. The molecule has 8 heteroatoms. The highest BCUT2D eigenvalue weighted by Crippen LogP contribution is 2.16. The van der Waals surface area contributed by atoms with Crippen molar-refractivity contribution in [1.29, 1.82) is 0 Å². The molecule has 0 aliphatic carbocycles. The molecule has 144 valence electrons. The minimum atomic E-state index is -0.734. The van der Waals surface area contributed by atoms with Gasteiger partial charge in [0.2, 0.25) is 5.91 Å². The Hall–Kier alpha value is -3.29. The van der Waals surface area contributed by atoms with Crippen LogP contribution in [0.3, 0.4) is 0 Å². The van der Waals surface area contributed by atoms with Crippen LogP contribution in [0, 0.1) is 5.92 Å². The summed E-state index contributed by atoms with van der Waals surface area (Å²) in [5.41, 5.74) is 1.09. The van der Waals surface area contributed by atoms with E-state index in [1.165, 1.54) is 6.26 Å². The molecular weight excluding hydrogens is 350 g/mol. The quantitative estimate of drug-likeness (QED) is 0.690. The molecule has 0 aliphatic rings. The van der Waals surface area contributed by atoms with Crippen LogP contribution in [-0.2, 0) is 9.53 Å². The second kappa shape index (κ2) is 9.42. The number of hydrogen-bond acceptors (Lipinski definition) is 5. The van der Waals surface area contributed by atoms with Gasteiger partial charge in [0.05, 0.1) is 12.9 Å². The van der Waals surface area contributed by atoms with Gasteiger partial charge in [-0.3, -0.25) is 9.59 Å². The Kier molecular flexibility index (Phi) is 6.99. The van der Waals surface area contributed by atoms with Gasteiger partial charge in [0, 0.05) is 11.4 Å². The molecule has 0 saturated heterocycles. The van der Waals surface area contributed by atoms with E-state index in [0.717, 1.165) is 0 Å². The fourth-order valence-corrected chi connectivity index (χ4v) is 2.29. The summed E-state index contributed by atoms with van der Waals surface area (Å²) in [6.07, 6.45) is 0.783. The van der Waals surface area contributed by atoms with Crippen molar-refractivity contribution >= 4 is 29.3 Å². The van der Waals surface area contributed by atoms with Crippen molar-refractivity contribution < 1.29 is 23.5 Å². The maximum atomic E-state index is 12.4. The Morgan fingerprint density at radius 1 is 1.04 bits per heavy atom. The van der Waals surface area contributed by atoms with Gasteiger partial charge in [0.1, 0.15) is 6.04 Å². The van der Waals surface area contributed by atoms with Gasteiger partial charge in [-0.15, -0.1) is 0 Å². The lowest BCUT2D eigenvalue weighted by Crippen LogP contribution is -2.47. The van der Waals surface area contributed by atoms with E-state index in [0.29, 0.717) is 11.4 Å². The molecule has 8 nitrogen and oxygen atoms in total. The summed E-state index contributed by atoms with van der Waals surface area (Å²) in [5, 5.41) is 7.98. The molecule has 0 aliphatic heterocycles. The SMILES string of the molecule is CCOC(=O)NC(C(=O)Nc1ccc(NC(=O)c2ccco2)cc1)C(C)C. The zero-order valence-electron chi connectivity index (χ0n) is 15.4. The maximum absolute atomic E-state index is 12.4. The van der Waals surface area contributed by atoms with E-state index in [9.17, 15) is 14.4 Å². The summed E-state index contributed by atoms with van der Waals surface area (Å²) in [6, 6.07) is 9.06. The van der Waals surface area contributed by atoms with Gasteiger partial charge >= 0.3 is 6.09 Å². The number of anilines is 2. The molecule has 0 bridgehead atoms. The number of ether oxygens (including phenoxy) is 1. The molecule has 0 fully saturated rings. The number of rotatable bonds is 7. The molecule has 2 aromatic rings. The highest BCUT2D eigenvalue weighted by molar-refractivity contribution is 6.02. The molecule has 1 atom stereocenters. The molecule has 3 N–H and O–H groups in total. The number of benzene rings is 1. The zero-order valence-corrected chi connectivity index (χ0v) is 15.4. The third-order valence-corrected chi connectivity index (χ3v) is 3.65. The summed E-state index contributed by atoms with van der Waals surface area (Å²) in [6.45, 7) is 5.56. The van der Waals surface area contributed by atoms with Crippen molar-refractivity contribution in [2.45, 2.75) is 26.8 Å². The van der Waals surface area contributed by atoms with Crippen molar-refractivity contribution in [3.05, 3.63) is 48.4 Å². The maximum Gasteiger partial charge on any atom is 0.407 e. The van der Waals surface area contributed by atoms with Crippen LogP contribution in [0.5, 0.6) is 0 Å². The summed E-state index contributed by atoms with van der Waals surface area (Å²) in [5.74, 6) is -0.640. The van der Waals surface area contributed by atoms with E-state index in [1.807, 2.05) is 13.8 Å². The van der Waals surface area contributed by atoms with Crippen molar-refractivity contribution in [3.8, 4) is 0 Å². The molecule has 0 saturated carbocycles. The zero-order chi connectivity index (χ0) is 19.8. The van der Waals surface area contributed by atoms with Gasteiger partial charge in [-0.1, -0.05) is 13.8 Å². The lowest BCUT2D eigenvalue weighted by Gasteiger charge is -2.21. The summed E-state index contributed by atoms with van der Waals surface area (Å²) in [7, 11) is 0. The largest absolute Gasteiger partial charge is 0.459 e. The highest BCUT2D eigenvalue weighted by atomic mass is 16.5. The van der Waals surface area contributed by atoms with Gasteiger partial charge in [0.15, 0.2) is 5.76 Å². The third-order valence-electron chi connectivity index (χ3n) is 3.65. The van der Waals surface area contributed by atoms with E-state index in [-0.39, 0.29) is 30.1 Å². The fraction of sp³-hybridized carbons (Fsp3) is 0.316.